The number of nitrogens with zero attached hydrogens (tertiary/aromatic N) is 3. The average Bonchev–Trinajstić information content (AvgIpc) is 2.46. The van der Waals surface area contributed by atoms with Gasteiger partial charge in [0.15, 0.2) is 0 Å². The van der Waals surface area contributed by atoms with Gasteiger partial charge in [-0.3, -0.25) is 4.79 Å². The van der Waals surface area contributed by atoms with Crippen molar-refractivity contribution >= 4 is 11.7 Å². The topological polar surface area (TPSA) is 62.5 Å². The quantitative estimate of drug-likeness (QED) is 0.905. The third-order valence-electron chi connectivity index (χ3n) is 3.95. The summed E-state index contributed by atoms with van der Waals surface area (Å²) >= 11 is 0. The Kier molecular flexibility index (Phi) is 4.60. The molecule has 0 aliphatic carbocycles. The monoisotopic (exact) mass is 276 g/mol. The van der Waals surface area contributed by atoms with E-state index in [0.29, 0.717) is 18.2 Å². The van der Waals surface area contributed by atoms with Gasteiger partial charge in [-0.25, -0.2) is 4.98 Å². The molecule has 0 saturated carbocycles. The van der Waals surface area contributed by atoms with E-state index >= 15 is 0 Å². The highest BCUT2D eigenvalue weighted by Gasteiger charge is 2.26. The van der Waals surface area contributed by atoms with E-state index in [-0.39, 0.29) is 5.91 Å². The van der Waals surface area contributed by atoms with Gasteiger partial charge in [-0.1, -0.05) is 6.92 Å². The molecule has 2 heterocycles. The minimum atomic E-state index is -0.0216. The molecule has 0 radical (unpaired) electrons. The first kappa shape index (κ1) is 14.8. The molecular weight excluding hydrogens is 252 g/mol. The van der Waals surface area contributed by atoms with Gasteiger partial charge < -0.3 is 15.5 Å². The van der Waals surface area contributed by atoms with Crippen molar-refractivity contribution in [2.24, 2.45) is 11.7 Å². The van der Waals surface area contributed by atoms with Crippen LogP contribution < -0.4 is 10.6 Å². The van der Waals surface area contributed by atoms with Gasteiger partial charge in [0, 0.05) is 39.4 Å². The Morgan fingerprint density at radius 2 is 2.25 bits per heavy atom. The lowest BCUT2D eigenvalue weighted by atomic mass is 9.92. The Balaban J connectivity index is 2.15. The first-order valence-electron chi connectivity index (χ1n) is 7.17. The summed E-state index contributed by atoms with van der Waals surface area (Å²) in [4.78, 5) is 20.1. The van der Waals surface area contributed by atoms with Crippen LogP contribution in [-0.2, 0) is 0 Å². The van der Waals surface area contributed by atoms with Crippen LogP contribution in [0.5, 0.6) is 0 Å². The van der Waals surface area contributed by atoms with E-state index in [1.807, 2.05) is 12.1 Å². The van der Waals surface area contributed by atoms with Gasteiger partial charge in [-0.2, -0.15) is 0 Å². The van der Waals surface area contributed by atoms with Gasteiger partial charge in [0.05, 0.1) is 5.56 Å². The van der Waals surface area contributed by atoms with Gasteiger partial charge in [0.1, 0.15) is 5.82 Å². The van der Waals surface area contributed by atoms with Gasteiger partial charge >= 0.3 is 0 Å². The zero-order valence-electron chi connectivity index (χ0n) is 12.5. The van der Waals surface area contributed by atoms with Crippen LogP contribution in [0.4, 0.5) is 5.82 Å². The molecule has 1 amide bonds. The fourth-order valence-electron chi connectivity index (χ4n) is 2.72. The predicted molar refractivity (Wildman–Crippen MR) is 80.8 cm³/mol. The van der Waals surface area contributed by atoms with E-state index in [2.05, 4.69) is 16.8 Å². The SMILES string of the molecule is CC1CCN(c2ccc(C(=O)N(C)C)cn2)C(CN)C1. The number of rotatable bonds is 3. The van der Waals surface area contributed by atoms with Crippen molar-refractivity contribution in [3.63, 3.8) is 0 Å². The Labute approximate surface area is 120 Å². The Hall–Kier alpha value is -1.62. The van der Waals surface area contributed by atoms with E-state index in [4.69, 9.17) is 5.73 Å². The summed E-state index contributed by atoms with van der Waals surface area (Å²) in [6, 6.07) is 4.12. The minimum Gasteiger partial charge on any atom is -0.352 e. The number of piperidine rings is 1. The molecule has 0 spiro atoms. The number of carbonyl (C=O) groups excluding carboxylic acids is 1. The minimum absolute atomic E-state index is 0.0216. The second-order valence-electron chi connectivity index (χ2n) is 5.82. The van der Waals surface area contributed by atoms with Gasteiger partial charge in [-0.15, -0.1) is 0 Å². The number of hydrogen-bond acceptors (Lipinski definition) is 4. The number of nitrogens with two attached hydrogens (primary N) is 1. The van der Waals surface area contributed by atoms with Crippen molar-refractivity contribution in [1.82, 2.24) is 9.88 Å². The predicted octanol–water partition coefficient (Wildman–Crippen LogP) is 1.35. The van der Waals surface area contributed by atoms with E-state index in [1.165, 1.54) is 0 Å². The van der Waals surface area contributed by atoms with Crippen LogP contribution in [0.2, 0.25) is 0 Å². The lowest BCUT2D eigenvalue weighted by Crippen LogP contribution is -2.46. The van der Waals surface area contributed by atoms with Crippen LogP contribution in [0.1, 0.15) is 30.1 Å². The molecular formula is C15H24N4O. The highest BCUT2D eigenvalue weighted by Crippen LogP contribution is 2.26. The summed E-state index contributed by atoms with van der Waals surface area (Å²) in [5, 5.41) is 0. The number of amides is 1. The van der Waals surface area contributed by atoms with Crippen molar-refractivity contribution in [3.8, 4) is 0 Å². The third-order valence-corrected chi connectivity index (χ3v) is 3.95. The molecule has 1 aliphatic rings. The summed E-state index contributed by atoms with van der Waals surface area (Å²) < 4.78 is 0. The zero-order chi connectivity index (χ0) is 14.7. The van der Waals surface area contributed by atoms with Crippen LogP contribution >= 0.6 is 0 Å². The molecule has 5 heteroatoms. The summed E-state index contributed by atoms with van der Waals surface area (Å²) in [5.74, 6) is 1.61. The molecule has 2 atom stereocenters. The van der Waals surface area contributed by atoms with Gasteiger partial charge in [0.25, 0.3) is 5.91 Å². The normalized spacial score (nSPS) is 22.7. The highest BCUT2D eigenvalue weighted by molar-refractivity contribution is 5.93. The molecule has 1 aromatic rings. The number of anilines is 1. The second kappa shape index (κ2) is 6.22. The Morgan fingerprint density at radius 1 is 1.50 bits per heavy atom. The molecule has 1 aliphatic heterocycles. The van der Waals surface area contributed by atoms with E-state index < -0.39 is 0 Å². The number of aromatic nitrogens is 1. The van der Waals surface area contributed by atoms with Crippen LogP contribution in [0, 0.1) is 5.92 Å². The first-order valence-corrected chi connectivity index (χ1v) is 7.17. The van der Waals surface area contributed by atoms with Gasteiger partial charge in [0.2, 0.25) is 0 Å². The molecule has 2 unspecified atom stereocenters. The maximum atomic E-state index is 11.8. The highest BCUT2D eigenvalue weighted by atomic mass is 16.2. The molecule has 0 aromatic carbocycles. The molecule has 110 valence electrons. The maximum absolute atomic E-state index is 11.8. The average molecular weight is 276 g/mol. The van der Waals surface area contributed by atoms with Crippen LogP contribution in [0.15, 0.2) is 18.3 Å². The summed E-state index contributed by atoms with van der Waals surface area (Å²) in [5.41, 5.74) is 6.50. The van der Waals surface area contributed by atoms with Crippen LogP contribution in [0.3, 0.4) is 0 Å². The molecule has 0 bridgehead atoms. The molecule has 2 N–H and O–H groups in total. The Morgan fingerprint density at radius 3 is 2.80 bits per heavy atom. The molecule has 5 nitrogen and oxygen atoms in total. The maximum Gasteiger partial charge on any atom is 0.254 e. The standard InChI is InChI=1S/C15H24N4O/c1-11-6-7-19(13(8-11)9-16)14-5-4-12(10-17-14)15(20)18(2)3/h4-5,10-11,13H,6-9,16H2,1-3H3. The lowest BCUT2D eigenvalue weighted by Gasteiger charge is -2.38. The molecule has 2 rings (SSSR count). The Bertz CT molecular complexity index is 457. The molecule has 1 fully saturated rings. The van der Waals surface area contributed by atoms with Crippen molar-refractivity contribution in [2.75, 3.05) is 32.1 Å². The smallest absolute Gasteiger partial charge is 0.254 e. The van der Waals surface area contributed by atoms with Crippen LogP contribution in [0.25, 0.3) is 0 Å². The largest absolute Gasteiger partial charge is 0.352 e. The number of carbonyl (C=O) groups is 1. The third kappa shape index (κ3) is 3.10. The molecule has 20 heavy (non-hydrogen) atoms. The van der Waals surface area contributed by atoms with E-state index in [0.717, 1.165) is 31.1 Å². The summed E-state index contributed by atoms with van der Waals surface area (Å²) in [6.45, 7) is 3.90. The van der Waals surface area contributed by atoms with Gasteiger partial charge in [-0.05, 0) is 30.9 Å². The van der Waals surface area contributed by atoms with E-state index in [1.54, 1.807) is 25.2 Å². The van der Waals surface area contributed by atoms with E-state index in [9.17, 15) is 4.79 Å². The van der Waals surface area contributed by atoms with Crippen molar-refractivity contribution in [3.05, 3.63) is 23.9 Å². The van der Waals surface area contributed by atoms with Crippen molar-refractivity contribution < 1.29 is 4.79 Å². The van der Waals surface area contributed by atoms with Crippen molar-refractivity contribution in [2.45, 2.75) is 25.8 Å². The van der Waals surface area contributed by atoms with Crippen LogP contribution in [-0.4, -0.2) is 49.0 Å². The first-order chi connectivity index (χ1) is 9.52. The summed E-state index contributed by atoms with van der Waals surface area (Å²) in [7, 11) is 3.49. The fraction of sp³-hybridized carbons (Fsp3) is 0.600. The molecule has 1 saturated heterocycles. The second-order valence-corrected chi connectivity index (χ2v) is 5.82. The van der Waals surface area contributed by atoms with Crippen molar-refractivity contribution in [1.29, 1.82) is 0 Å². The fourth-order valence-corrected chi connectivity index (χ4v) is 2.72. The number of hydrogen-bond donors (Lipinski definition) is 1. The molecule has 1 aromatic heterocycles. The lowest BCUT2D eigenvalue weighted by molar-refractivity contribution is 0.0827. The summed E-state index contributed by atoms with van der Waals surface area (Å²) in [6.07, 6.45) is 3.93. The number of pyridine rings is 1. The zero-order valence-corrected chi connectivity index (χ0v) is 12.5.